The van der Waals surface area contributed by atoms with Gasteiger partial charge < -0.3 is 14.3 Å². The number of carbonyl (C=O) groups is 1. The summed E-state index contributed by atoms with van der Waals surface area (Å²) in [6, 6.07) is 8.78. The maximum Gasteiger partial charge on any atom is 0.371 e. The van der Waals surface area contributed by atoms with Crippen LogP contribution in [0.3, 0.4) is 0 Å². The monoisotopic (exact) mass is 296 g/mol. The number of furan rings is 1. The lowest BCUT2D eigenvalue weighted by molar-refractivity contribution is 0.0658. The second-order valence-corrected chi connectivity index (χ2v) is 6.12. The molecule has 0 saturated heterocycles. The second-order valence-electron chi connectivity index (χ2n) is 4.10. The molecule has 1 aromatic carbocycles. The summed E-state index contributed by atoms with van der Waals surface area (Å²) in [7, 11) is -3.23. The SMILES string of the molecule is CS(=O)(=O)c1ccc(OCc2ccc(C(=O)O)o2)cc1. The van der Waals surface area contributed by atoms with Gasteiger partial charge in [0.1, 0.15) is 18.1 Å². The van der Waals surface area contributed by atoms with Gasteiger partial charge in [-0.1, -0.05) is 0 Å². The molecule has 0 aliphatic heterocycles. The highest BCUT2D eigenvalue weighted by atomic mass is 32.2. The summed E-state index contributed by atoms with van der Waals surface area (Å²) in [5.41, 5.74) is 0. The highest BCUT2D eigenvalue weighted by Crippen LogP contribution is 2.17. The van der Waals surface area contributed by atoms with Gasteiger partial charge >= 0.3 is 5.97 Å². The third-order valence-electron chi connectivity index (χ3n) is 2.51. The third kappa shape index (κ3) is 3.39. The number of hydrogen-bond donors (Lipinski definition) is 1. The Balaban J connectivity index is 2.02. The Hall–Kier alpha value is -2.28. The van der Waals surface area contributed by atoms with E-state index in [2.05, 4.69) is 0 Å². The van der Waals surface area contributed by atoms with Crippen LogP contribution in [0.5, 0.6) is 5.75 Å². The zero-order valence-electron chi connectivity index (χ0n) is 10.6. The molecule has 0 radical (unpaired) electrons. The van der Waals surface area contributed by atoms with Crippen LogP contribution in [0.4, 0.5) is 0 Å². The van der Waals surface area contributed by atoms with Crippen LogP contribution in [0.25, 0.3) is 0 Å². The van der Waals surface area contributed by atoms with Crippen molar-refractivity contribution in [3.63, 3.8) is 0 Å². The number of rotatable bonds is 5. The maximum atomic E-state index is 11.3. The van der Waals surface area contributed by atoms with E-state index in [1.54, 1.807) is 0 Å². The third-order valence-corrected chi connectivity index (χ3v) is 3.63. The summed E-state index contributed by atoms with van der Waals surface area (Å²) in [4.78, 5) is 10.8. The van der Waals surface area contributed by atoms with E-state index >= 15 is 0 Å². The molecule has 20 heavy (non-hydrogen) atoms. The molecule has 0 spiro atoms. The predicted octanol–water partition coefficient (Wildman–Crippen LogP) is 1.96. The molecule has 2 rings (SSSR count). The van der Waals surface area contributed by atoms with E-state index < -0.39 is 15.8 Å². The molecule has 1 N–H and O–H groups in total. The highest BCUT2D eigenvalue weighted by Gasteiger charge is 2.10. The van der Waals surface area contributed by atoms with Gasteiger partial charge in [0, 0.05) is 6.26 Å². The summed E-state index contributed by atoms with van der Waals surface area (Å²) in [5, 5.41) is 8.70. The minimum atomic E-state index is -3.23. The van der Waals surface area contributed by atoms with Crippen molar-refractivity contribution in [1.82, 2.24) is 0 Å². The lowest BCUT2D eigenvalue weighted by atomic mass is 10.3. The zero-order chi connectivity index (χ0) is 14.8. The van der Waals surface area contributed by atoms with Gasteiger partial charge in [0.2, 0.25) is 5.76 Å². The summed E-state index contributed by atoms with van der Waals surface area (Å²) < 4.78 is 33.0. The van der Waals surface area contributed by atoms with Crippen molar-refractivity contribution in [1.29, 1.82) is 0 Å². The highest BCUT2D eigenvalue weighted by molar-refractivity contribution is 7.90. The van der Waals surface area contributed by atoms with Gasteiger partial charge in [-0.3, -0.25) is 0 Å². The van der Waals surface area contributed by atoms with E-state index in [9.17, 15) is 13.2 Å². The minimum Gasteiger partial charge on any atom is -0.486 e. The Morgan fingerprint density at radius 2 is 1.85 bits per heavy atom. The van der Waals surface area contributed by atoms with Gasteiger partial charge in [-0.2, -0.15) is 0 Å². The van der Waals surface area contributed by atoms with Crippen molar-refractivity contribution >= 4 is 15.8 Å². The first-order valence-electron chi connectivity index (χ1n) is 5.61. The number of aromatic carboxylic acids is 1. The fourth-order valence-electron chi connectivity index (χ4n) is 1.51. The quantitative estimate of drug-likeness (QED) is 0.906. The average Bonchev–Trinajstić information content (AvgIpc) is 2.85. The molecular weight excluding hydrogens is 284 g/mol. The predicted molar refractivity (Wildman–Crippen MR) is 69.6 cm³/mol. The number of sulfone groups is 1. The van der Waals surface area contributed by atoms with Crippen molar-refractivity contribution < 1.29 is 27.5 Å². The van der Waals surface area contributed by atoms with Crippen molar-refractivity contribution in [2.24, 2.45) is 0 Å². The van der Waals surface area contributed by atoms with E-state index in [0.29, 0.717) is 11.5 Å². The van der Waals surface area contributed by atoms with Crippen LogP contribution in [-0.2, 0) is 16.4 Å². The Bertz CT molecular complexity index is 712. The summed E-state index contributed by atoms with van der Waals surface area (Å²) in [6.45, 7) is 0.0610. The van der Waals surface area contributed by atoms with E-state index in [4.69, 9.17) is 14.3 Å². The summed E-state index contributed by atoms with van der Waals surface area (Å²) >= 11 is 0. The minimum absolute atomic E-state index is 0.0610. The van der Waals surface area contributed by atoms with E-state index in [1.165, 1.54) is 36.4 Å². The summed E-state index contributed by atoms with van der Waals surface area (Å²) in [5.74, 6) is -0.468. The fraction of sp³-hybridized carbons (Fsp3) is 0.154. The first kappa shape index (κ1) is 14.1. The van der Waals surface area contributed by atoms with E-state index in [0.717, 1.165) is 6.26 Å². The molecule has 0 atom stereocenters. The Morgan fingerprint density at radius 3 is 2.35 bits per heavy atom. The molecule has 7 heteroatoms. The number of carboxylic acids is 1. The summed E-state index contributed by atoms with van der Waals surface area (Å²) in [6.07, 6.45) is 1.12. The molecule has 0 aliphatic carbocycles. The standard InChI is InChI=1S/C13H12O6S/c1-20(16,17)11-5-2-9(3-6-11)18-8-10-4-7-12(19-10)13(14)15/h2-7H,8H2,1H3,(H,14,15). The number of benzene rings is 1. The van der Waals surface area contributed by atoms with Crippen LogP contribution in [0.2, 0.25) is 0 Å². The lowest BCUT2D eigenvalue weighted by Crippen LogP contribution is -1.98. The lowest BCUT2D eigenvalue weighted by Gasteiger charge is -2.05. The van der Waals surface area contributed by atoms with Gasteiger partial charge in [0.15, 0.2) is 9.84 Å². The number of ether oxygens (including phenoxy) is 1. The molecule has 106 valence electrons. The number of carboxylic acid groups (broad SMARTS) is 1. The fourth-order valence-corrected chi connectivity index (χ4v) is 2.14. The van der Waals surface area contributed by atoms with Crippen LogP contribution >= 0.6 is 0 Å². The van der Waals surface area contributed by atoms with Crippen LogP contribution in [0.1, 0.15) is 16.3 Å². The van der Waals surface area contributed by atoms with Crippen molar-refractivity contribution in [3.05, 3.63) is 47.9 Å². The van der Waals surface area contributed by atoms with E-state index in [-0.39, 0.29) is 17.3 Å². The molecular formula is C13H12O6S. The van der Waals surface area contributed by atoms with Crippen molar-refractivity contribution in [2.45, 2.75) is 11.5 Å². The smallest absolute Gasteiger partial charge is 0.371 e. The Kier molecular flexibility index (Phi) is 3.80. The molecule has 6 nitrogen and oxygen atoms in total. The number of hydrogen-bond acceptors (Lipinski definition) is 5. The topological polar surface area (TPSA) is 93.8 Å². The van der Waals surface area contributed by atoms with Gasteiger partial charge in [-0.25, -0.2) is 13.2 Å². The molecule has 0 bridgehead atoms. The second kappa shape index (κ2) is 5.38. The normalized spacial score (nSPS) is 11.2. The molecule has 0 fully saturated rings. The average molecular weight is 296 g/mol. The van der Waals surface area contributed by atoms with Crippen molar-refractivity contribution in [3.8, 4) is 5.75 Å². The van der Waals surface area contributed by atoms with Gasteiger partial charge in [-0.05, 0) is 36.4 Å². The van der Waals surface area contributed by atoms with E-state index in [1.807, 2.05) is 0 Å². The first-order valence-corrected chi connectivity index (χ1v) is 7.50. The molecule has 0 aliphatic rings. The van der Waals surface area contributed by atoms with Crippen LogP contribution in [0, 0.1) is 0 Å². The van der Waals surface area contributed by atoms with Crippen LogP contribution in [-0.4, -0.2) is 25.7 Å². The Morgan fingerprint density at radius 1 is 1.20 bits per heavy atom. The van der Waals surface area contributed by atoms with Gasteiger partial charge in [0.25, 0.3) is 0 Å². The van der Waals surface area contributed by atoms with Gasteiger partial charge in [-0.15, -0.1) is 0 Å². The van der Waals surface area contributed by atoms with Crippen LogP contribution in [0.15, 0.2) is 45.7 Å². The Labute approximate surface area is 115 Å². The molecule has 1 heterocycles. The molecule has 0 unspecified atom stereocenters. The van der Waals surface area contributed by atoms with Crippen molar-refractivity contribution in [2.75, 3.05) is 6.26 Å². The first-order chi connectivity index (χ1) is 9.36. The molecule has 2 aromatic rings. The molecule has 0 amide bonds. The van der Waals surface area contributed by atoms with Gasteiger partial charge in [0.05, 0.1) is 4.90 Å². The zero-order valence-corrected chi connectivity index (χ0v) is 11.4. The maximum absolute atomic E-state index is 11.3. The van der Waals surface area contributed by atoms with Crippen LogP contribution < -0.4 is 4.74 Å². The molecule has 1 aromatic heterocycles. The largest absolute Gasteiger partial charge is 0.486 e. The molecule has 0 saturated carbocycles.